The van der Waals surface area contributed by atoms with Crippen LogP contribution >= 0.6 is 0 Å². The van der Waals surface area contributed by atoms with E-state index in [1.165, 1.54) is 45.4 Å². The summed E-state index contributed by atoms with van der Waals surface area (Å²) in [5, 5.41) is 0. The molecule has 0 amide bonds. The Bertz CT molecular complexity index is 126. The summed E-state index contributed by atoms with van der Waals surface area (Å²) in [4.78, 5) is 4.92. The molecule has 1 saturated heterocycles. The fraction of sp³-hybridized carbons (Fsp3) is 1.00. The van der Waals surface area contributed by atoms with Crippen molar-refractivity contribution in [3.8, 4) is 0 Å². The van der Waals surface area contributed by atoms with Crippen molar-refractivity contribution in [2.75, 3.05) is 40.3 Å². The van der Waals surface area contributed by atoms with Crippen molar-refractivity contribution in [2.24, 2.45) is 5.92 Å². The first-order valence-corrected chi connectivity index (χ1v) is 5.59. The highest BCUT2D eigenvalue weighted by molar-refractivity contribution is 4.73. The third kappa shape index (κ3) is 4.10. The number of hydrogen-bond acceptors (Lipinski definition) is 2. The van der Waals surface area contributed by atoms with Crippen LogP contribution in [0.2, 0.25) is 0 Å². The first kappa shape index (κ1) is 11.0. The van der Waals surface area contributed by atoms with E-state index in [1.54, 1.807) is 0 Å². The average molecular weight is 184 g/mol. The third-order valence-electron chi connectivity index (χ3n) is 2.87. The molecule has 0 aromatic rings. The second kappa shape index (κ2) is 5.61. The molecule has 1 rings (SSSR count). The molecule has 0 aromatic heterocycles. The molecule has 0 atom stereocenters. The zero-order chi connectivity index (χ0) is 9.68. The van der Waals surface area contributed by atoms with E-state index in [4.69, 9.17) is 0 Å². The Labute approximate surface area is 82.9 Å². The molecule has 0 saturated carbocycles. The van der Waals surface area contributed by atoms with Crippen molar-refractivity contribution in [3.05, 3.63) is 0 Å². The maximum absolute atomic E-state index is 2.60. The lowest BCUT2D eigenvalue weighted by Crippen LogP contribution is -2.37. The minimum absolute atomic E-state index is 0.947. The summed E-state index contributed by atoms with van der Waals surface area (Å²) >= 11 is 0. The van der Waals surface area contributed by atoms with E-state index in [1.807, 2.05) is 0 Å². The van der Waals surface area contributed by atoms with Crippen LogP contribution in [0.3, 0.4) is 0 Å². The highest BCUT2D eigenvalue weighted by Crippen LogP contribution is 2.17. The molecule has 2 nitrogen and oxygen atoms in total. The molecule has 78 valence electrons. The van der Waals surface area contributed by atoms with Gasteiger partial charge >= 0.3 is 0 Å². The van der Waals surface area contributed by atoms with Gasteiger partial charge in [0.1, 0.15) is 0 Å². The molecule has 1 aliphatic rings. The van der Waals surface area contributed by atoms with Crippen LogP contribution in [-0.2, 0) is 0 Å². The summed E-state index contributed by atoms with van der Waals surface area (Å²) in [7, 11) is 4.36. The predicted molar refractivity (Wildman–Crippen MR) is 58.0 cm³/mol. The van der Waals surface area contributed by atoms with E-state index in [9.17, 15) is 0 Å². The van der Waals surface area contributed by atoms with Crippen molar-refractivity contribution < 1.29 is 0 Å². The molecule has 0 N–H and O–H groups in total. The first-order chi connectivity index (χ1) is 6.22. The minimum atomic E-state index is 0.947. The summed E-state index contributed by atoms with van der Waals surface area (Å²) in [6.45, 7) is 7.50. The van der Waals surface area contributed by atoms with Crippen molar-refractivity contribution in [3.63, 3.8) is 0 Å². The largest absolute Gasteiger partial charge is 0.309 e. The maximum atomic E-state index is 2.60. The third-order valence-corrected chi connectivity index (χ3v) is 2.87. The molecule has 13 heavy (non-hydrogen) atoms. The van der Waals surface area contributed by atoms with Crippen LogP contribution in [0.4, 0.5) is 0 Å². The number of nitrogens with zero attached hydrogens (tertiary/aromatic N) is 2. The summed E-state index contributed by atoms with van der Waals surface area (Å²) in [6, 6.07) is 0. The molecule has 0 unspecified atom stereocenters. The zero-order valence-corrected chi connectivity index (χ0v) is 9.42. The van der Waals surface area contributed by atoms with Crippen molar-refractivity contribution in [1.29, 1.82) is 0 Å². The van der Waals surface area contributed by atoms with E-state index >= 15 is 0 Å². The molecular formula is C11H24N2. The van der Waals surface area contributed by atoms with Crippen LogP contribution in [0.1, 0.15) is 26.2 Å². The van der Waals surface area contributed by atoms with Crippen molar-refractivity contribution in [2.45, 2.75) is 26.2 Å². The number of hydrogen-bond donors (Lipinski definition) is 0. The van der Waals surface area contributed by atoms with Gasteiger partial charge in [-0.2, -0.15) is 0 Å². The molecule has 0 spiro atoms. The van der Waals surface area contributed by atoms with Gasteiger partial charge in [0, 0.05) is 6.54 Å². The Balaban J connectivity index is 2.15. The van der Waals surface area contributed by atoms with Gasteiger partial charge in [0.2, 0.25) is 0 Å². The van der Waals surface area contributed by atoms with Gasteiger partial charge in [-0.3, -0.25) is 0 Å². The van der Waals surface area contributed by atoms with E-state index in [2.05, 4.69) is 30.8 Å². The summed E-state index contributed by atoms with van der Waals surface area (Å²) in [5.41, 5.74) is 0. The summed E-state index contributed by atoms with van der Waals surface area (Å²) in [5.74, 6) is 0.947. The Morgan fingerprint density at radius 1 is 1.23 bits per heavy atom. The van der Waals surface area contributed by atoms with Gasteiger partial charge < -0.3 is 9.80 Å². The van der Waals surface area contributed by atoms with E-state index in [0.29, 0.717) is 0 Å². The van der Waals surface area contributed by atoms with Crippen LogP contribution in [0, 0.1) is 5.92 Å². The molecule has 0 aliphatic carbocycles. The Kier molecular flexibility index (Phi) is 4.74. The van der Waals surface area contributed by atoms with Gasteiger partial charge in [-0.1, -0.05) is 6.92 Å². The molecular weight excluding hydrogens is 160 g/mol. The van der Waals surface area contributed by atoms with Gasteiger partial charge in [0.15, 0.2) is 0 Å². The van der Waals surface area contributed by atoms with Crippen LogP contribution in [0.25, 0.3) is 0 Å². The number of piperidine rings is 1. The fourth-order valence-corrected chi connectivity index (χ4v) is 2.23. The second-order valence-corrected chi connectivity index (χ2v) is 4.55. The lowest BCUT2D eigenvalue weighted by atomic mass is 9.96. The highest BCUT2D eigenvalue weighted by Gasteiger charge is 2.18. The van der Waals surface area contributed by atoms with Gasteiger partial charge in [-0.25, -0.2) is 0 Å². The topological polar surface area (TPSA) is 6.48 Å². The molecule has 0 aromatic carbocycles. The Hall–Kier alpha value is -0.0800. The SMILES string of the molecule is CCCN1CCC(CN(C)C)CC1. The molecule has 1 heterocycles. The van der Waals surface area contributed by atoms with E-state index < -0.39 is 0 Å². The molecule has 2 heteroatoms. The zero-order valence-electron chi connectivity index (χ0n) is 9.42. The summed E-state index contributed by atoms with van der Waals surface area (Å²) in [6.07, 6.45) is 4.11. The normalized spacial score (nSPS) is 21.2. The average Bonchev–Trinajstić information content (AvgIpc) is 2.08. The van der Waals surface area contributed by atoms with Crippen LogP contribution in [0.5, 0.6) is 0 Å². The van der Waals surface area contributed by atoms with Crippen LogP contribution in [-0.4, -0.2) is 50.1 Å². The van der Waals surface area contributed by atoms with Gasteiger partial charge in [-0.05, 0) is 58.9 Å². The number of rotatable bonds is 4. The van der Waals surface area contributed by atoms with Crippen LogP contribution in [0.15, 0.2) is 0 Å². The molecule has 0 bridgehead atoms. The lowest BCUT2D eigenvalue weighted by molar-refractivity contribution is 0.163. The van der Waals surface area contributed by atoms with E-state index in [0.717, 1.165) is 5.92 Å². The van der Waals surface area contributed by atoms with Crippen molar-refractivity contribution >= 4 is 0 Å². The van der Waals surface area contributed by atoms with Gasteiger partial charge in [0.05, 0.1) is 0 Å². The fourth-order valence-electron chi connectivity index (χ4n) is 2.23. The smallest absolute Gasteiger partial charge is 0.000451 e. The highest BCUT2D eigenvalue weighted by atomic mass is 15.1. The minimum Gasteiger partial charge on any atom is -0.309 e. The predicted octanol–water partition coefficient (Wildman–Crippen LogP) is 1.67. The first-order valence-electron chi connectivity index (χ1n) is 5.59. The quantitative estimate of drug-likeness (QED) is 0.656. The second-order valence-electron chi connectivity index (χ2n) is 4.55. The van der Waals surface area contributed by atoms with Gasteiger partial charge in [0.25, 0.3) is 0 Å². The Morgan fingerprint density at radius 3 is 2.31 bits per heavy atom. The standard InChI is InChI=1S/C11H24N2/c1-4-7-13-8-5-11(6-9-13)10-12(2)3/h11H,4-10H2,1-3H3. The van der Waals surface area contributed by atoms with Gasteiger partial charge in [-0.15, -0.1) is 0 Å². The monoisotopic (exact) mass is 184 g/mol. The lowest BCUT2D eigenvalue weighted by Gasteiger charge is -2.32. The number of likely N-dealkylation sites (tertiary alicyclic amines) is 1. The molecule has 0 radical (unpaired) electrons. The maximum Gasteiger partial charge on any atom is 0.000451 e. The van der Waals surface area contributed by atoms with Crippen molar-refractivity contribution in [1.82, 2.24) is 9.80 Å². The van der Waals surface area contributed by atoms with Crippen LogP contribution < -0.4 is 0 Å². The summed E-state index contributed by atoms with van der Waals surface area (Å²) < 4.78 is 0. The molecule has 1 aliphatic heterocycles. The molecule has 1 fully saturated rings. The van der Waals surface area contributed by atoms with E-state index in [-0.39, 0.29) is 0 Å². The Morgan fingerprint density at radius 2 is 1.85 bits per heavy atom.